The van der Waals surface area contributed by atoms with Crippen LogP contribution in [0.2, 0.25) is 0 Å². The van der Waals surface area contributed by atoms with Crippen molar-refractivity contribution in [3.8, 4) is 17.2 Å². The third-order valence-electron chi connectivity index (χ3n) is 4.91. The Morgan fingerprint density at radius 2 is 1.86 bits per heavy atom. The summed E-state index contributed by atoms with van der Waals surface area (Å²) < 4.78 is 17.4. The molecule has 1 N–H and O–H groups in total. The summed E-state index contributed by atoms with van der Waals surface area (Å²) in [4.78, 5) is 4.12. The lowest BCUT2D eigenvalue weighted by atomic mass is 10.1. The average Bonchev–Trinajstić information content (AvgIpc) is 3.02. The summed E-state index contributed by atoms with van der Waals surface area (Å²) >= 11 is 0. The standard InChI is InChI=1S/C24H26N2O3/c1-18(21-8-9-23-24(14-21)28-12-4-11-27-23)26-16-19-5-2-7-22(13-19)29-17-20-6-3-10-25-15-20/h2-3,5-10,13-15,18,26H,4,11-12,16-17H2,1H3/t18-/m1/s1. The molecule has 0 spiro atoms. The number of nitrogens with zero attached hydrogens (tertiary/aromatic N) is 1. The van der Waals surface area contributed by atoms with Crippen LogP contribution in [0.4, 0.5) is 0 Å². The first-order valence-corrected chi connectivity index (χ1v) is 10.0. The van der Waals surface area contributed by atoms with Crippen LogP contribution in [0, 0.1) is 0 Å². The second-order valence-electron chi connectivity index (χ2n) is 7.16. The van der Waals surface area contributed by atoms with Crippen molar-refractivity contribution in [3.63, 3.8) is 0 Å². The zero-order valence-electron chi connectivity index (χ0n) is 16.6. The Labute approximate surface area is 171 Å². The van der Waals surface area contributed by atoms with E-state index in [4.69, 9.17) is 14.2 Å². The molecular weight excluding hydrogens is 364 g/mol. The van der Waals surface area contributed by atoms with Gasteiger partial charge in [-0.15, -0.1) is 0 Å². The third-order valence-corrected chi connectivity index (χ3v) is 4.91. The Bertz CT molecular complexity index is 930. The fourth-order valence-corrected chi connectivity index (χ4v) is 3.23. The molecule has 2 heterocycles. The number of aromatic nitrogens is 1. The number of rotatable bonds is 7. The second kappa shape index (κ2) is 9.43. The summed E-state index contributed by atoms with van der Waals surface area (Å²) in [6.45, 7) is 4.82. The van der Waals surface area contributed by atoms with Crippen LogP contribution in [-0.4, -0.2) is 18.2 Å². The molecule has 1 aliphatic heterocycles. The zero-order valence-corrected chi connectivity index (χ0v) is 16.6. The normalized spacial score (nSPS) is 14.1. The lowest BCUT2D eigenvalue weighted by Gasteiger charge is -2.17. The van der Waals surface area contributed by atoms with Crippen molar-refractivity contribution < 1.29 is 14.2 Å². The minimum atomic E-state index is 0.187. The van der Waals surface area contributed by atoms with E-state index in [2.05, 4.69) is 41.5 Å². The first-order valence-electron chi connectivity index (χ1n) is 10.0. The van der Waals surface area contributed by atoms with Gasteiger partial charge in [0.05, 0.1) is 13.2 Å². The molecule has 0 saturated heterocycles. The maximum Gasteiger partial charge on any atom is 0.161 e. The van der Waals surface area contributed by atoms with Crippen molar-refractivity contribution in [1.82, 2.24) is 10.3 Å². The number of hydrogen-bond acceptors (Lipinski definition) is 5. The van der Waals surface area contributed by atoms with Crippen LogP contribution < -0.4 is 19.5 Å². The van der Waals surface area contributed by atoms with Crippen molar-refractivity contribution in [3.05, 3.63) is 83.7 Å². The molecule has 0 amide bonds. The highest BCUT2D eigenvalue weighted by Gasteiger charge is 2.13. The van der Waals surface area contributed by atoms with Gasteiger partial charge in [0.1, 0.15) is 12.4 Å². The second-order valence-corrected chi connectivity index (χ2v) is 7.16. The fraction of sp³-hybridized carbons (Fsp3) is 0.292. The summed E-state index contributed by atoms with van der Waals surface area (Å²) in [5.41, 5.74) is 3.41. The van der Waals surface area contributed by atoms with Gasteiger partial charge in [0.25, 0.3) is 0 Å². The van der Waals surface area contributed by atoms with Crippen molar-refractivity contribution in [1.29, 1.82) is 0 Å². The third kappa shape index (κ3) is 5.27. The van der Waals surface area contributed by atoms with Crippen LogP contribution in [0.15, 0.2) is 67.0 Å². The largest absolute Gasteiger partial charge is 0.490 e. The molecule has 150 valence electrons. The van der Waals surface area contributed by atoms with E-state index in [-0.39, 0.29) is 6.04 Å². The minimum absolute atomic E-state index is 0.187. The summed E-state index contributed by atoms with van der Waals surface area (Å²) in [5.74, 6) is 2.52. The number of hydrogen-bond donors (Lipinski definition) is 1. The van der Waals surface area contributed by atoms with Crippen LogP contribution in [0.1, 0.15) is 36.1 Å². The molecule has 1 aliphatic rings. The quantitative estimate of drug-likeness (QED) is 0.635. The highest BCUT2D eigenvalue weighted by molar-refractivity contribution is 5.44. The number of nitrogens with one attached hydrogen (secondary N) is 1. The highest BCUT2D eigenvalue weighted by atomic mass is 16.5. The summed E-state index contributed by atoms with van der Waals surface area (Å²) in [6.07, 6.45) is 4.50. The minimum Gasteiger partial charge on any atom is -0.490 e. The number of benzene rings is 2. The van der Waals surface area contributed by atoms with Crippen LogP contribution in [0.5, 0.6) is 17.2 Å². The van der Waals surface area contributed by atoms with Crippen LogP contribution in [0.25, 0.3) is 0 Å². The summed E-state index contributed by atoms with van der Waals surface area (Å²) in [5, 5.41) is 3.58. The molecule has 2 aromatic carbocycles. The Morgan fingerprint density at radius 3 is 2.72 bits per heavy atom. The molecule has 5 nitrogen and oxygen atoms in total. The SMILES string of the molecule is C[C@@H](NCc1cccc(OCc2cccnc2)c1)c1ccc2c(c1)OCCCO2. The van der Waals surface area contributed by atoms with Crippen molar-refractivity contribution in [2.24, 2.45) is 0 Å². The number of fused-ring (bicyclic) bond motifs is 1. The van der Waals surface area contributed by atoms with Crippen LogP contribution in [0.3, 0.4) is 0 Å². The van der Waals surface area contributed by atoms with Crippen molar-refractivity contribution in [2.75, 3.05) is 13.2 Å². The highest BCUT2D eigenvalue weighted by Crippen LogP contribution is 2.32. The molecule has 0 fully saturated rings. The maximum absolute atomic E-state index is 5.90. The molecule has 0 unspecified atom stereocenters. The zero-order chi connectivity index (χ0) is 19.9. The van der Waals surface area contributed by atoms with Gasteiger partial charge in [-0.1, -0.05) is 24.3 Å². The van der Waals surface area contributed by atoms with Crippen LogP contribution in [-0.2, 0) is 13.2 Å². The molecule has 1 atom stereocenters. The molecular formula is C24H26N2O3. The number of pyridine rings is 1. The van der Waals surface area contributed by atoms with E-state index in [0.717, 1.165) is 35.8 Å². The first kappa shape index (κ1) is 19.3. The smallest absolute Gasteiger partial charge is 0.161 e. The maximum atomic E-state index is 5.90. The van der Waals surface area contributed by atoms with Gasteiger partial charge in [-0.05, 0) is 48.4 Å². The van der Waals surface area contributed by atoms with Crippen molar-refractivity contribution >= 4 is 0 Å². The first-order chi connectivity index (χ1) is 14.3. The lowest BCUT2D eigenvalue weighted by Crippen LogP contribution is -2.18. The van der Waals surface area contributed by atoms with Gasteiger partial charge in [0.2, 0.25) is 0 Å². The Kier molecular flexibility index (Phi) is 6.27. The predicted molar refractivity (Wildman–Crippen MR) is 112 cm³/mol. The molecule has 29 heavy (non-hydrogen) atoms. The average molecular weight is 390 g/mol. The topological polar surface area (TPSA) is 52.6 Å². The van der Waals surface area contributed by atoms with E-state index in [1.807, 2.05) is 36.5 Å². The van der Waals surface area contributed by atoms with Gasteiger partial charge in [0, 0.05) is 37.0 Å². The van der Waals surface area contributed by atoms with Crippen molar-refractivity contribution in [2.45, 2.75) is 32.5 Å². The summed E-state index contributed by atoms with van der Waals surface area (Å²) in [6, 6.07) is 18.5. The van der Waals surface area contributed by atoms with Crippen LogP contribution >= 0.6 is 0 Å². The Morgan fingerprint density at radius 1 is 1.00 bits per heavy atom. The Hall–Kier alpha value is -3.05. The van der Waals surface area contributed by atoms with E-state index in [0.29, 0.717) is 19.8 Å². The Balaban J connectivity index is 1.34. The van der Waals surface area contributed by atoms with Gasteiger partial charge < -0.3 is 19.5 Å². The monoisotopic (exact) mass is 390 g/mol. The molecule has 3 aromatic rings. The lowest BCUT2D eigenvalue weighted by molar-refractivity contribution is 0.297. The van der Waals surface area contributed by atoms with Gasteiger partial charge in [-0.2, -0.15) is 0 Å². The fourth-order valence-electron chi connectivity index (χ4n) is 3.23. The van der Waals surface area contributed by atoms with E-state index in [1.165, 1.54) is 11.1 Å². The molecule has 0 saturated carbocycles. The molecule has 0 radical (unpaired) electrons. The van der Waals surface area contributed by atoms with E-state index >= 15 is 0 Å². The number of ether oxygens (including phenoxy) is 3. The van der Waals surface area contributed by atoms with Gasteiger partial charge in [0.15, 0.2) is 11.5 Å². The molecule has 0 aliphatic carbocycles. The molecule has 0 bridgehead atoms. The van der Waals surface area contributed by atoms with Gasteiger partial charge >= 0.3 is 0 Å². The molecule has 4 rings (SSSR count). The van der Waals surface area contributed by atoms with Gasteiger partial charge in [-0.25, -0.2) is 0 Å². The van der Waals surface area contributed by atoms with E-state index in [1.54, 1.807) is 6.20 Å². The van der Waals surface area contributed by atoms with E-state index in [9.17, 15) is 0 Å². The molecule has 5 heteroatoms. The molecule has 1 aromatic heterocycles. The predicted octanol–water partition coefficient (Wildman–Crippen LogP) is 4.67. The summed E-state index contributed by atoms with van der Waals surface area (Å²) in [7, 11) is 0. The van der Waals surface area contributed by atoms with Gasteiger partial charge in [-0.3, -0.25) is 4.98 Å². The van der Waals surface area contributed by atoms with E-state index < -0.39 is 0 Å².